The normalized spacial score (nSPS) is 17.2. The minimum Gasteiger partial charge on any atom is -0.308 e. The van der Waals surface area contributed by atoms with Crippen molar-refractivity contribution in [3.63, 3.8) is 0 Å². The van der Waals surface area contributed by atoms with Gasteiger partial charge in [0.2, 0.25) is 5.82 Å². The van der Waals surface area contributed by atoms with Crippen LogP contribution in [0.4, 0.5) is 8.78 Å². The Bertz CT molecular complexity index is 315. The molecule has 0 saturated heterocycles. The van der Waals surface area contributed by atoms with E-state index in [4.69, 9.17) is 0 Å². The summed E-state index contributed by atoms with van der Waals surface area (Å²) in [5.41, 5.74) is 0. The highest BCUT2D eigenvalue weighted by atomic mass is 19.3. The van der Waals surface area contributed by atoms with Crippen molar-refractivity contribution in [3.8, 4) is 0 Å². The highest BCUT2D eigenvalue weighted by Crippen LogP contribution is 2.26. The molecule has 0 radical (unpaired) electrons. The molecule has 1 aromatic heterocycles. The summed E-state index contributed by atoms with van der Waals surface area (Å²) >= 11 is 0. The second kappa shape index (κ2) is 2.73. The highest BCUT2D eigenvalue weighted by molar-refractivity contribution is 5.03. The Kier molecular flexibility index (Phi) is 1.80. The van der Waals surface area contributed by atoms with Crippen LogP contribution >= 0.6 is 0 Å². The highest BCUT2D eigenvalue weighted by Gasteiger charge is 2.33. The van der Waals surface area contributed by atoms with Gasteiger partial charge in [-0.3, -0.25) is 0 Å². The SMILES string of the molecule is CC(F)(F)c1nnc2n1CCNC2. The van der Waals surface area contributed by atoms with Gasteiger partial charge >= 0.3 is 5.92 Å². The number of nitrogens with zero attached hydrogens (tertiary/aromatic N) is 3. The summed E-state index contributed by atoms with van der Waals surface area (Å²) in [5.74, 6) is -2.55. The molecule has 1 aromatic rings. The van der Waals surface area contributed by atoms with Crippen LogP contribution < -0.4 is 5.32 Å². The molecule has 2 rings (SSSR count). The number of halogens is 2. The van der Waals surface area contributed by atoms with E-state index in [1.807, 2.05) is 0 Å². The number of hydrogen-bond donors (Lipinski definition) is 1. The fourth-order valence-electron chi connectivity index (χ4n) is 1.42. The Labute approximate surface area is 74.0 Å². The number of alkyl halides is 2. The van der Waals surface area contributed by atoms with Gasteiger partial charge in [0.05, 0.1) is 6.54 Å². The Morgan fingerprint density at radius 3 is 2.92 bits per heavy atom. The van der Waals surface area contributed by atoms with Crippen molar-refractivity contribution in [1.82, 2.24) is 20.1 Å². The Hall–Kier alpha value is -1.04. The number of rotatable bonds is 1. The molecule has 0 unspecified atom stereocenters. The van der Waals surface area contributed by atoms with Crippen molar-refractivity contribution in [2.75, 3.05) is 6.54 Å². The van der Waals surface area contributed by atoms with Gasteiger partial charge in [0.15, 0.2) is 0 Å². The summed E-state index contributed by atoms with van der Waals surface area (Å²) in [4.78, 5) is 0. The van der Waals surface area contributed by atoms with Crippen LogP contribution in [0.25, 0.3) is 0 Å². The number of hydrogen-bond acceptors (Lipinski definition) is 3. The molecular formula is C7H10F2N4. The maximum absolute atomic E-state index is 12.9. The zero-order valence-corrected chi connectivity index (χ0v) is 7.22. The predicted molar refractivity (Wildman–Crippen MR) is 41.3 cm³/mol. The molecule has 13 heavy (non-hydrogen) atoms. The van der Waals surface area contributed by atoms with Gasteiger partial charge in [-0.15, -0.1) is 10.2 Å². The lowest BCUT2D eigenvalue weighted by atomic mass is 10.3. The molecule has 0 fully saturated rings. The van der Waals surface area contributed by atoms with E-state index in [0.717, 1.165) is 6.92 Å². The summed E-state index contributed by atoms with van der Waals surface area (Å²) < 4.78 is 27.3. The van der Waals surface area contributed by atoms with Gasteiger partial charge in [0, 0.05) is 20.0 Å². The molecule has 1 aliphatic heterocycles. The molecule has 4 nitrogen and oxygen atoms in total. The van der Waals surface area contributed by atoms with E-state index in [0.29, 0.717) is 25.5 Å². The summed E-state index contributed by atoms with van der Waals surface area (Å²) in [5, 5.41) is 10.2. The van der Waals surface area contributed by atoms with Crippen molar-refractivity contribution >= 4 is 0 Å². The predicted octanol–water partition coefficient (Wildman–Crippen LogP) is 0.493. The van der Waals surface area contributed by atoms with E-state index < -0.39 is 5.92 Å². The van der Waals surface area contributed by atoms with Crippen LogP contribution in [0, 0.1) is 0 Å². The van der Waals surface area contributed by atoms with Crippen LogP contribution in [0.15, 0.2) is 0 Å². The Balaban J connectivity index is 2.43. The van der Waals surface area contributed by atoms with Gasteiger partial charge in [-0.05, 0) is 0 Å². The van der Waals surface area contributed by atoms with E-state index in [-0.39, 0.29) is 5.82 Å². The lowest BCUT2D eigenvalue weighted by molar-refractivity contribution is 0.00320. The third-order valence-corrected chi connectivity index (χ3v) is 2.02. The van der Waals surface area contributed by atoms with Crippen LogP contribution in [-0.4, -0.2) is 21.3 Å². The molecule has 0 saturated carbocycles. The van der Waals surface area contributed by atoms with E-state index in [1.54, 1.807) is 0 Å². The van der Waals surface area contributed by atoms with Crippen molar-refractivity contribution in [2.45, 2.75) is 25.9 Å². The Morgan fingerprint density at radius 1 is 1.46 bits per heavy atom. The van der Waals surface area contributed by atoms with Crippen LogP contribution in [0.5, 0.6) is 0 Å². The molecule has 0 atom stereocenters. The molecule has 2 heterocycles. The number of fused-ring (bicyclic) bond motifs is 1. The topological polar surface area (TPSA) is 42.7 Å². The summed E-state index contributed by atoms with van der Waals surface area (Å²) in [6.07, 6.45) is 0. The molecule has 72 valence electrons. The third kappa shape index (κ3) is 1.41. The van der Waals surface area contributed by atoms with Gasteiger partial charge in [-0.25, -0.2) is 0 Å². The lowest BCUT2D eigenvalue weighted by Crippen LogP contribution is -2.30. The largest absolute Gasteiger partial charge is 0.308 e. The first-order valence-electron chi connectivity index (χ1n) is 4.10. The van der Waals surface area contributed by atoms with Gasteiger partial charge < -0.3 is 9.88 Å². The second-order valence-electron chi connectivity index (χ2n) is 3.16. The third-order valence-electron chi connectivity index (χ3n) is 2.02. The van der Waals surface area contributed by atoms with E-state index in [1.165, 1.54) is 4.57 Å². The van der Waals surface area contributed by atoms with Crippen molar-refractivity contribution < 1.29 is 8.78 Å². The minimum atomic E-state index is -2.90. The molecular weight excluding hydrogens is 178 g/mol. The Morgan fingerprint density at radius 2 is 2.23 bits per heavy atom. The monoisotopic (exact) mass is 188 g/mol. The molecule has 0 spiro atoms. The van der Waals surface area contributed by atoms with Crippen LogP contribution in [0.1, 0.15) is 18.6 Å². The maximum Gasteiger partial charge on any atom is 0.304 e. The summed E-state index contributed by atoms with van der Waals surface area (Å²) in [6, 6.07) is 0. The zero-order valence-electron chi connectivity index (χ0n) is 7.22. The summed E-state index contributed by atoms with van der Waals surface area (Å²) in [7, 11) is 0. The smallest absolute Gasteiger partial charge is 0.304 e. The first kappa shape index (κ1) is 8.55. The quantitative estimate of drug-likeness (QED) is 0.697. The van der Waals surface area contributed by atoms with Gasteiger partial charge in [0.1, 0.15) is 5.82 Å². The van der Waals surface area contributed by atoms with Gasteiger partial charge in [0.25, 0.3) is 0 Å². The molecule has 0 bridgehead atoms. The average Bonchev–Trinajstić information content (AvgIpc) is 2.45. The number of aromatic nitrogens is 3. The molecule has 1 N–H and O–H groups in total. The standard InChI is InChI=1S/C7H10F2N4/c1-7(8,9)6-12-11-5-4-10-2-3-13(5)6/h10H,2-4H2,1H3. The second-order valence-corrected chi connectivity index (χ2v) is 3.16. The fraction of sp³-hybridized carbons (Fsp3) is 0.714. The van der Waals surface area contributed by atoms with Crippen molar-refractivity contribution in [3.05, 3.63) is 11.6 Å². The minimum absolute atomic E-state index is 0.232. The summed E-state index contributed by atoms with van der Waals surface area (Å²) in [6.45, 7) is 2.56. The average molecular weight is 188 g/mol. The molecule has 1 aliphatic rings. The van der Waals surface area contributed by atoms with Crippen LogP contribution in [-0.2, 0) is 19.0 Å². The van der Waals surface area contributed by atoms with Crippen molar-refractivity contribution in [1.29, 1.82) is 0 Å². The molecule has 0 amide bonds. The van der Waals surface area contributed by atoms with Crippen LogP contribution in [0.2, 0.25) is 0 Å². The van der Waals surface area contributed by atoms with E-state index >= 15 is 0 Å². The first-order chi connectivity index (χ1) is 6.09. The fourth-order valence-corrected chi connectivity index (χ4v) is 1.42. The zero-order chi connectivity index (χ0) is 9.47. The van der Waals surface area contributed by atoms with Gasteiger partial charge in [-0.1, -0.05) is 0 Å². The maximum atomic E-state index is 12.9. The lowest BCUT2D eigenvalue weighted by Gasteiger charge is -2.18. The molecule has 0 aromatic carbocycles. The van der Waals surface area contributed by atoms with E-state index in [9.17, 15) is 8.78 Å². The molecule has 6 heteroatoms. The number of nitrogens with one attached hydrogen (secondary N) is 1. The van der Waals surface area contributed by atoms with E-state index in [2.05, 4.69) is 15.5 Å². The molecule has 0 aliphatic carbocycles. The van der Waals surface area contributed by atoms with Gasteiger partial charge in [-0.2, -0.15) is 8.78 Å². The van der Waals surface area contributed by atoms with Crippen molar-refractivity contribution in [2.24, 2.45) is 0 Å². The van der Waals surface area contributed by atoms with Crippen LogP contribution in [0.3, 0.4) is 0 Å². The first-order valence-corrected chi connectivity index (χ1v) is 4.10.